The summed E-state index contributed by atoms with van der Waals surface area (Å²) in [6, 6.07) is 17.3. The Labute approximate surface area is 183 Å². The SMILES string of the molecule is CC(=O)Nc1ccc(C(=O)COC(=O)c2cc(-c3ccccc3)nc3onc(C)c23)cc1. The molecule has 8 nitrogen and oxygen atoms in total. The summed E-state index contributed by atoms with van der Waals surface area (Å²) in [6.07, 6.45) is 0. The van der Waals surface area contributed by atoms with Crippen molar-refractivity contribution in [3.05, 3.63) is 77.5 Å². The van der Waals surface area contributed by atoms with Gasteiger partial charge in [0.05, 0.1) is 22.3 Å². The van der Waals surface area contributed by atoms with Crippen LogP contribution in [0.25, 0.3) is 22.4 Å². The quantitative estimate of drug-likeness (QED) is 0.361. The number of Topliss-reactive ketones (excluding diaryl/α,β-unsaturated/α-hetero) is 1. The van der Waals surface area contributed by atoms with Crippen LogP contribution in [-0.4, -0.2) is 34.4 Å². The number of benzene rings is 2. The minimum atomic E-state index is -0.677. The van der Waals surface area contributed by atoms with Crippen molar-refractivity contribution in [3.63, 3.8) is 0 Å². The monoisotopic (exact) mass is 429 g/mol. The van der Waals surface area contributed by atoms with Crippen molar-refractivity contribution in [2.45, 2.75) is 13.8 Å². The molecule has 0 fully saturated rings. The van der Waals surface area contributed by atoms with Crippen LogP contribution in [0.1, 0.15) is 33.3 Å². The van der Waals surface area contributed by atoms with Crippen molar-refractivity contribution < 1.29 is 23.6 Å². The van der Waals surface area contributed by atoms with Crippen LogP contribution >= 0.6 is 0 Å². The summed E-state index contributed by atoms with van der Waals surface area (Å²) in [6.45, 7) is 2.66. The lowest BCUT2D eigenvalue weighted by Crippen LogP contribution is -2.15. The van der Waals surface area contributed by atoms with Gasteiger partial charge in [-0.3, -0.25) is 9.59 Å². The van der Waals surface area contributed by atoms with Gasteiger partial charge in [0.15, 0.2) is 12.4 Å². The second-order valence-corrected chi connectivity index (χ2v) is 7.13. The Bertz CT molecular complexity index is 1310. The van der Waals surface area contributed by atoms with E-state index in [0.29, 0.717) is 28.0 Å². The van der Waals surface area contributed by atoms with Crippen molar-refractivity contribution in [1.82, 2.24) is 10.1 Å². The molecule has 8 heteroatoms. The molecule has 0 aliphatic heterocycles. The van der Waals surface area contributed by atoms with Crippen molar-refractivity contribution >= 4 is 34.4 Å². The summed E-state index contributed by atoms with van der Waals surface area (Å²) in [4.78, 5) is 40.9. The van der Waals surface area contributed by atoms with Gasteiger partial charge in [0.2, 0.25) is 5.91 Å². The topological polar surface area (TPSA) is 111 Å². The maximum atomic E-state index is 12.9. The number of fused-ring (bicyclic) bond motifs is 1. The van der Waals surface area contributed by atoms with Crippen LogP contribution in [-0.2, 0) is 9.53 Å². The summed E-state index contributed by atoms with van der Waals surface area (Å²) >= 11 is 0. The number of carbonyl (C=O) groups excluding carboxylic acids is 3. The molecule has 4 aromatic rings. The summed E-state index contributed by atoms with van der Waals surface area (Å²) in [5.41, 5.74) is 3.20. The Balaban J connectivity index is 1.55. The lowest BCUT2D eigenvalue weighted by atomic mass is 10.1. The molecule has 0 aliphatic carbocycles. The van der Waals surface area contributed by atoms with Crippen LogP contribution in [0.5, 0.6) is 0 Å². The third kappa shape index (κ3) is 4.39. The zero-order valence-corrected chi connectivity index (χ0v) is 17.4. The van der Waals surface area contributed by atoms with Gasteiger partial charge in [-0.2, -0.15) is 0 Å². The van der Waals surface area contributed by atoms with Crippen LogP contribution in [0.4, 0.5) is 5.69 Å². The molecule has 0 bridgehead atoms. The number of aromatic nitrogens is 2. The van der Waals surface area contributed by atoms with E-state index in [9.17, 15) is 14.4 Å². The van der Waals surface area contributed by atoms with Crippen molar-refractivity contribution in [3.8, 4) is 11.3 Å². The van der Waals surface area contributed by atoms with Gasteiger partial charge in [-0.1, -0.05) is 35.5 Å². The maximum Gasteiger partial charge on any atom is 0.339 e. The van der Waals surface area contributed by atoms with Crippen LogP contribution < -0.4 is 5.32 Å². The van der Waals surface area contributed by atoms with E-state index < -0.39 is 12.6 Å². The van der Waals surface area contributed by atoms with Crippen molar-refractivity contribution in [2.75, 3.05) is 11.9 Å². The predicted octanol–water partition coefficient (Wildman–Crippen LogP) is 4.20. The number of esters is 1. The molecule has 2 heterocycles. The molecule has 0 atom stereocenters. The van der Waals surface area contributed by atoms with Gasteiger partial charge in [0.1, 0.15) is 0 Å². The second kappa shape index (κ2) is 8.81. The molecule has 0 aliphatic rings. The standard InChI is InChI=1S/C24H19N3O5/c1-14-22-19(12-20(26-23(22)32-27-14)16-6-4-3-5-7-16)24(30)31-13-21(29)17-8-10-18(11-9-17)25-15(2)28/h3-12H,13H2,1-2H3,(H,25,28). The summed E-state index contributed by atoms with van der Waals surface area (Å²) in [5, 5.41) is 6.97. The zero-order chi connectivity index (χ0) is 22.7. The first-order valence-electron chi connectivity index (χ1n) is 9.83. The number of ketones is 1. The first-order valence-corrected chi connectivity index (χ1v) is 9.83. The molecule has 1 amide bonds. The number of hydrogen-bond donors (Lipinski definition) is 1. The number of pyridine rings is 1. The minimum absolute atomic E-state index is 0.208. The number of nitrogens with one attached hydrogen (secondary N) is 1. The highest BCUT2D eigenvalue weighted by atomic mass is 16.5. The van der Waals surface area contributed by atoms with Crippen LogP contribution in [0, 0.1) is 6.92 Å². The third-order valence-corrected chi connectivity index (χ3v) is 4.77. The lowest BCUT2D eigenvalue weighted by Gasteiger charge is -2.08. The molecule has 1 N–H and O–H groups in total. The van der Waals surface area contributed by atoms with E-state index in [1.54, 1.807) is 37.3 Å². The average Bonchev–Trinajstić information content (AvgIpc) is 3.18. The number of hydrogen-bond acceptors (Lipinski definition) is 7. The number of rotatable bonds is 6. The summed E-state index contributed by atoms with van der Waals surface area (Å²) in [5.74, 6) is -1.26. The molecule has 4 rings (SSSR count). The fraction of sp³-hybridized carbons (Fsp3) is 0.125. The molecule has 2 aromatic heterocycles. The van der Waals surface area contributed by atoms with Gasteiger partial charge in [0, 0.05) is 23.7 Å². The Morgan fingerprint density at radius 3 is 2.44 bits per heavy atom. The Morgan fingerprint density at radius 1 is 1.03 bits per heavy atom. The van der Waals surface area contributed by atoms with E-state index >= 15 is 0 Å². The fourth-order valence-electron chi connectivity index (χ4n) is 3.25. The minimum Gasteiger partial charge on any atom is -0.454 e. The Kier molecular flexibility index (Phi) is 5.76. The molecular weight excluding hydrogens is 410 g/mol. The van der Waals surface area contributed by atoms with Gasteiger partial charge >= 0.3 is 5.97 Å². The lowest BCUT2D eigenvalue weighted by molar-refractivity contribution is -0.114. The molecule has 32 heavy (non-hydrogen) atoms. The van der Waals surface area contributed by atoms with E-state index in [4.69, 9.17) is 9.26 Å². The number of anilines is 1. The Morgan fingerprint density at radius 2 is 1.75 bits per heavy atom. The predicted molar refractivity (Wildman–Crippen MR) is 117 cm³/mol. The highest BCUT2D eigenvalue weighted by Crippen LogP contribution is 2.27. The van der Waals surface area contributed by atoms with Crippen molar-refractivity contribution in [1.29, 1.82) is 0 Å². The van der Waals surface area contributed by atoms with Gasteiger partial charge in [-0.05, 0) is 37.3 Å². The average molecular weight is 429 g/mol. The molecule has 0 saturated heterocycles. The first kappa shape index (κ1) is 20.9. The summed E-state index contributed by atoms with van der Waals surface area (Å²) < 4.78 is 10.6. The number of carbonyl (C=O) groups is 3. The van der Waals surface area contributed by atoms with Gasteiger partial charge in [-0.25, -0.2) is 9.78 Å². The molecule has 2 aromatic carbocycles. The summed E-state index contributed by atoms with van der Waals surface area (Å²) in [7, 11) is 0. The number of amides is 1. The zero-order valence-electron chi connectivity index (χ0n) is 17.4. The molecule has 0 spiro atoms. The van der Waals surface area contributed by atoms with E-state index in [1.165, 1.54) is 6.92 Å². The van der Waals surface area contributed by atoms with E-state index in [0.717, 1.165) is 5.56 Å². The Hall–Kier alpha value is -4.33. The molecular formula is C24H19N3O5. The fourth-order valence-corrected chi connectivity index (χ4v) is 3.25. The van der Waals surface area contributed by atoms with Crippen LogP contribution in [0.15, 0.2) is 65.2 Å². The first-order chi connectivity index (χ1) is 15.4. The third-order valence-electron chi connectivity index (χ3n) is 4.77. The number of nitrogens with zero attached hydrogens (tertiary/aromatic N) is 2. The highest BCUT2D eigenvalue weighted by molar-refractivity contribution is 6.06. The number of aryl methyl sites for hydroxylation is 1. The molecule has 0 saturated carbocycles. The van der Waals surface area contributed by atoms with E-state index in [1.807, 2.05) is 30.3 Å². The second-order valence-electron chi connectivity index (χ2n) is 7.13. The largest absolute Gasteiger partial charge is 0.454 e. The van der Waals surface area contributed by atoms with Crippen molar-refractivity contribution in [2.24, 2.45) is 0 Å². The van der Waals surface area contributed by atoms with E-state index in [-0.39, 0.29) is 23.0 Å². The highest BCUT2D eigenvalue weighted by Gasteiger charge is 2.21. The molecule has 0 unspecified atom stereocenters. The van der Waals surface area contributed by atoms with E-state index in [2.05, 4.69) is 15.5 Å². The molecule has 0 radical (unpaired) electrons. The van der Waals surface area contributed by atoms with Gasteiger partial charge in [0.25, 0.3) is 5.71 Å². The maximum absolute atomic E-state index is 12.9. The normalized spacial score (nSPS) is 10.7. The van der Waals surface area contributed by atoms with Gasteiger partial charge in [-0.15, -0.1) is 0 Å². The molecule has 160 valence electrons. The van der Waals surface area contributed by atoms with Gasteiger partial charge < -0.3 is 14.6 Å². The van der Waals surface area contributed by atoms with Crippen LogP contribution in [0.3, 0.4) is 0 Å². The van der Waals surface area contributed by atoms with Crippen LogP contribution in [0.2, 0.25) is 0 Å². The number of ether oxygens (including phenoxy) is 1. The smallest absolute Gasteiger partial charge is 0.339 e.